The zero-order valence-electron chi connectivity index (χ0n) is 28.3. The average Bonchev–Trinajstić information content (AvgIpc) is 3.85. The van der Waals surface area contributed by atoms with E-state index in [4.69, 9.17) is 26.1 Å². The van der Waals surface area contributed by atoms with Crippen LogP contribution in [0.1, 0.15) is 39.0 Å². The number of aromatic amines is 1. The maximum Gasteiger partial charge on any atom is 0.255 e. The first-order chi connectivity index (χ1) is 26.0. The Bertz CT molecular complexity index is 2600. The Balaban J connectivity index is 1.07. The third-order valence-electron chi connectivity index (χ3n) is 9.33. The van der Waals surface area contributed by atoms with Crippen LogP contribution in [-0.4, -0.2) is 55.1 Å². The minimum Gasteiger partial charge on any atom is -0.473 e. The van der Waals surface area contributed by atoms with Crippen LogP contribution in [0, 0.1) is 30.2 Å². The van der Waals surface area contributed by atoms with E-state index >= 15 is 8.78 Å². The van der Waals surface area contributed by atoms with Crippen LogP contribution in [0.3, 0.4) is 0 Å². The summed E-state index contributed by atoms with van der Waals surface area (Å²) in [7, 11) is 0. The van der Waals surface area contributed by atoms with Gasteiger partial charge in [-0.3, -0.25) is 9.89 Å². The molecule has 1 fully saturated rings. The molecule has 3 N–H and O–H groups in total. The second-order valence-electron chi connectivity index (χ2n) is 12.9. The predicted molar refractivity (Wildman–Crippen MR) is 192 cm³/mol. The molecule has 0 radical (unpaired) electrons. The highest BCUT2D eigenvalue weighted by molar-refractivity contribution is 6.30. The van der Waals surface area contributed by atoms with Crippen molar-refractivity contribution in [1.82, 2.24) is 24.7 Å². The quantitative estimate of drug-likeness (QED) is 0.128. The molecule has 7 aromatic rings. The lowest BCUT2D eigenvalue weighted by Crippen LogP contribution is -2.24. The van der Waals surface area contributed by atoms with Crippen molar-refractivity contribution in [3.8, 4) is 17.1 Å². The van der Waals surface area contributed by atoms with E-state index in [2.05, 4.69) is 20.5 Å². The molecule has 3 aromatic heterocycles. The molecule has 4 heterocycles. The number of aliphatic hydroxyl groups excluding tert-OH is 1. The number of benzene rings is 4. The van der Waals surface area contributed by atoms with E-state index in [-0.39, 0.29) is 70.6 Å². The first-order valence-electron chi connectivity index (χ1n) is 16.8. The molecule has 2 atom stereocenters. The first-order valence-corrected chi connectivity index (χ1v) is 17.1. The number of halogens is 5. The van der Waals surface area contributed by atoms with Gasteiger partial charge in [-0.05, 0) is 73.2 Å². The lowest BCUT2D eigenvalue weighted by Gasteiger charge is -2.19. The average molecular weight is 757 g/mol. The van der Waals surface area contributed by atoms with E-state index in [1.54, 1.807) is 41.8 Å². The van der Waals surface area contributed by atoms with E-state index in [1.807, 2.05) is 0 Å². The zero-order valence-corrected chi connectivity index (χ0v) is 29.1. The highest BCUT2D eigenvalue weighted by Gasteiger charge is 2.32. The van der Waals surface area contributed by atoms with Crippen molar-refractivity contribution >= 4 is 45.1 Å². The summed E-state index contributed by atoms with van der Waals surface area (Å²) in [6.07, 6.45) is -1.05. The predicted octanol–water partition coefficient (Wildman–Crippen LogP) is 7.85. The van der Waals surface area contributed by atoms with Crippen molar-refractivity contribution in [2.24, 2.45) is 0 Å². The Labute approximate surface area is 309 Å². The summed E-state index contributed by atoms with van der Waals surface area (Å²) in [6.45, 7) is 1.78. The van der Waals surface area contributed by atoms with Gasteiger partial charge in [0.25, 0.3) is 5.91 Å². The monoisotopic (exact) mass is 756 g/mol. The fourth-order valence-electron chi connectivity index (χ4n) is 6.57. The van der Waals surface area contributed by atoms with Crippen LogP contribution in [0.15, 0.2) is 78.9 Å². The number of carbonyl (C=O) groups is 1. The first kappa shape index (κ1) is 35.2. The number of amides is 1. The van der Waals surface area contributed by atoms with Gasteiger partial charge in [-0.2, -0.15) is 5.10 Å². The summed E-state index contributed by atoms with van der Waals surface area (Å²) < 4.78 is 73.3. The number of aryl methyl sites for hydroxylation is 1. The Morgan fingerprint density at radius 1 is 0.963 bits per heavy atom. The van der Waals surface area contributed by atoms with Gasteiger partial charge >= 0.3 is 0 Å². The Kier molecular flexibility index (Phi) is 9.26. The number of pyridine rings is 1. The van der Waals surface area contributed by atoms with Gasteiger partial charge in [-0.15, -0.1) is 0 Å². The smallest absolute Gasteiger partial charge is 0.255 e. The van der Waals surface area contributed by atoms with E-state index < -0.39 is 41.3 Å². The summed E-state index contributed by atoms with van der Waals surface area (Å²) in [6, 6.07) is 17.9. The number of rotatable bonds is 9. The number of aliphatic hydroxyl groups is 1. The molecular weight excluding hydrogens is 728 g/mol. The molecule has 4 aromatic carbocycles. The second-order valence-corrected chi connectivity index (χ2v) is 13.3. The molecular formula is C39H29ClF4N6O4. The maximum atomic E-state index is 15.8. The number of fused-ring (bicyclic) bond motifs is 2. The fraction of sp³-hybridized carbons (Fsp3) is 0.179. The number of nitrogens with zero attached hydrogens (tertiary/aromatic N) is 4. The van der Waals surface area contributed by atoms with Crippen LogP contribution in [0.25, 0.3) is 33.2 Å². The lowest BCUT2D eigenvalue weighted by molar-refractivity contribution is 0.102. The van der Waals surface area contributed by atoms with Crippen LogP contribution < -0.4 is 10.1 Å². The van der Waals surface area contributed by atoms with Crippen LogP contribution in [0.5, 0.6) is 5.88 Å². The highest BCUT2D eigenvalue weighted by Crippen LogP contribution is 2.33. The van der Waals surface area contributed by atoms with Crippen molar-refractivity contribution in [2.45, 2.75) is 32.1 Å². The Hall–Kier alpha value is -5.83. The maximum absolute atomic E-state index is 15.8. The number of ether oxygens (including phenoxy) is 2. The van der Waals surface area contributed by atoms with Crippen molar-refractivity contribution in [3.05, 3.63) is 135 Å². The van der Waals surface area contributed by atoms with Gasteiger partial charge in [0.05, 0.1) is 41.7 Å². The number of aromatic nitrogens is 5. The number of H-pyrrole nitrogens is 1. The van der Waals surface area contributed by atoms with Gasteiger partial charge in [0.2, 0.25) is 5.88 Å². The minimum atomic E-state index is -0.891. The van der Waals surface area contributed by atoms with Crippen LogP contribution >= 0.6 is 11.6 Å². The molecule has 1 aliphatic heterocycles. The van der Waals surface area contributed by atoms with Gasteiger partial charge in [-0.1, -0.05) is 23.7 Å². The molecule has 0 saturated carbocycles. The summed E-state index contributed by atoms with van der Waals surface area (Å²) in [4.78, 5) is 22.2. The number of imidazole rings is 1. The van der Waals surface area contributed by atoms with Gasteiger partial charge in [0, 0.05) is 45.3 Å². The minimum absolute atomic E-state index is 0.00712. The van der Waals surface area contributed by atoms with Crippen molar-refractivity contribution < 1.29 is 36.9 Å². The summed E-state index contributed by atoms with van der Waals surface area (Å²) in [5.74, 6) is -2.81. The van der Waals surface area contributed by atoms with Crippen molar-refractivity contribution in [2.75, 3.05) is 18.5 Å². The molecule has 1 amide bonds. The van der Waals surface area contributed by atoms with Gasteiger partial charge in [0.1, 0.15) is 47.3 Å². The summed E-state index contributed by atoms with van der Waals surface area (Å²) in [5, 5.41) is 20.9. The second kappa shape index (κ2) is 14.2. The number of anilines is 1. The number of hydrogen-bond donors (Lipinski definition) is 3. The van der Waals surface area contributed by atoms with Gasteiger partial charge in [0.15, 0.2) is 0 Å². The van der Waals surface area contributed by atoms with Gasteiger partial charge < -0.3 is 24.5 Å². The standard InChI is InChI=1S/C39H29ClF4N6O4/c1-19-25-9-22(11-30(44)38(25)49-48-19)39(52)45-24-7-8-33-32(14-24)46-36(50(33)34-17-53-18-35(34)51)12-21-10-29(43)26(15-28(21)42)31-3-2-4-37(47-31)54-16-20-5-6-23(40)13-27(20)41/h2-11,13-15,34-35,51H,12,16-18H2,1H3,(H,45,52)(H,48,49)/t34-,35+/m0/s1. The zero-order chi connectivity index (χ0) is 37.7. The lowest BCUT2D eigenvalue weighted by atomic mass is 10.0. The third-order valence-corrected chi connectivity index (χ3v) is 9.56. The SMILES string of the molecule is Cc1n[nH]c2c(F)cc(C(=O)Nc3ccc4c(c3)nc(Cc3cc(F)c(-c5cccc(OCc6ccc(Cl)cc6F)n5)cc3F)n4[C@H]3COC[C@H]3O)cc12. The topological polar surface area (TPSA) is 127 Å². The fourth-order valence-corrected chi connectivity index (χ4v) is 6.72. The number of nitrogens with one attached hydrogen (secondary N) is 2. The Morgan fingerprint density at radius 2 is 1.80 bits per heavy atom. The van der Waals surface area contributed by atoms with E-state index in [1.165, 1.54) is 24.3 Å². The van der Waals surface area contributed by atoms with Crippen molar-refractivity contribution in [3.63, 3.8) is 0 Å². The van der Waals surface area contributed by atoms with E-state index in [0.717, 1.165) is 24.3 Å². The molecule has 54 heavy (non-hydrogen) atoms. The number of hydrogen-bond acceptors (Lipinski definition) is 7. The Morgan fingerprint density at radius 3 is 2.59 bits per heavy atom. The third kappa shape index (κ3) is 6.75. The van der Waals surface area contributed by atoms with E-state index in [9.17, 15) is 18.7 Å². The molecule has 10 nitrogen and oxygen atoms in total. The summed E-state index contributed by atoms with van der Waals surface area (Å²) in [5.41, 5.74) is 2.38. The van der Waals surface area contributed by atoms with Gasteiger partial charge in [-0.25, -0.2) is 27.5 Å². The molecule has 0 bridgehead atoms. The highest BCUT2D eigenvalue weighted by atomic mass is 35.5. The molecule has 274 valence electrons. The molecule has 8 rings (SSSR count). The molecule has 1 saturated heterocycles. The van der Waals surface area contributed by atoms with Crippen molar-refractivity contribution in [1.29, 1.82) is 0 Å². The molecule has 0 unspecified atom stereocenters. The summed E-state index contributed by atoms with van der Waals surface area (Å²) >= 11 is 5.82. The molecule has 15 heteroatoms. The van der Waals surface area contributed by atoms with Crippen LogP contribution in [0.4, 0.5) is 23.2 Å². The number of carbonyl (C=O) groups excluding carboxylic acids is 1. The van der Waals surface area contributed by atoms with E-state index in [0.29, 0.717) is 33.6 Å². The van der Waals surface area contributed by atoms with Crippen LogP contribution in [-0.2, 0) is 17.8 Å². The largest absolute Gasteiger partial charge is 0.473 e. The normalized spacial score (nSPS) is 15.7. The molecule has 0 spiro atoms. The molecule has 0 aliphatic carbocycles. The molecule has 1 aliphatic rings. The van der Waals surface area contributed by atoms with Crippen LogP contribution in [0.2, 0.25) is 5.02 Å².